The van der Waals surface area contributed by atoms with Crippen molar-refractivity contribution in [2.24, 2.45) is 0 Å². The molecule has 1 saturated heterocycles. The minimum atomic E-state index is -0.710. The van der Waals surface area contributed by atoms with Gasteiger partial charge in [0.15, 0.2) is 0 Å². The molecule has 0 radical (unpaired) electrons. The van der Waals surface area contributed by atoms with Crippen LogP contribution < -0.4 is 15.9 Å². The van der Waals surface area contributed by atoms with E-state index < -0.39 is 11.9 Å². The van der Waals surface area contributed by atoms with Crippen molar-refractivity contribution in [1.29, 1.82) is 5.31 Å². The molecular weight excluding hydrogens is 277 g/mol. The molecule has 1 rings (SSSR count). The molecule has 0 aromatic heterocycles. The molecule has 114 valence electrons. The zero-order valence-corrected chi connectivity index (χ0v) is 11.8. The molecule has 1 unspecified atom stereocenters. The van der Waals surface area contributed by atoms with E-state index in [1.807, 2.05) is 0 Å². The Morgan fingerprint density at radius 1 is 1.33 bits per heavy atom. The van der Waals surface area contributed by atoms with E-state index in [0.29, 0.717) is 6.54 Å². The fourth-order valence-corrected chi connectivity index (χ4v) is 1.89. The number of amides is 4. The van der Waals surface area contributed by atoms with Crippen molar-refractivity contribution in [2.45, 2.75) is 25.8 Å². The molecule has 1 fully saturated rings. The summed E-state index contributed by atoms with van der Waals surface area (Å²) in [7, 11) is 0.869. The summed E-state index contributed by atoms with van der Waals surface area (Å²) in [5, 5.41) is 14.5. The van der Waals surface area contributed by atoms with Gasteiger partial charge in [0.25, 0.3) is 0 Å². The summed E-state index contributed by atoms with van der Waals surface area (Å²) in [4.78, 5) is 46.6. The quantitative estimate of drug-likeness (QED) is 0.228. The average molecular weight is 295 g/mol. The number of rotatable bonds is 8. The van der Waals surface area contributed by atoms with Crippen molar-refractivity contribution in [3.8, 4) is 0 Å². The first-order valence-electron chi connectivity index (χ1n) is 6.56. The van der Waals surface area contributed by atoms with Crippen LogP contribution in [0.3, 0.4) is 0 Å². The van der Waals surface area contributed by atoms with Gasteiger partial charge < -0.3 is 0 Å². The molecule has 4 amide bonds. The van der Waals surface area contributed by atoms with Gasteiger partial charge in [0.1, 0.15) is 0 Å². The van der Waals surface area contributed by atoms with Crippen LogP contribution in [0.4, 0.5) is 0 Å². The van der Waals surface area contributed by atoms with E-state index in [4.69, 9.17) is 5.31 Å². The number of hydrogen-bond donors (Lipinski definition) is 4. The van der Waals surface area contributed by atoms with Gasteiger partial charge in [0.05, 0.1) is 0 Å². The Morgan fingerprint density at radius 2 is 2.00 bits per heavy atom. The Kier molecular flexibility index (Phi) is 6.50. The average Bonchev–Trinajstić information content (AvgIpc) is 2.68. The summed E-state index contributed by atoms with van der Waals surface area (Å²) in [6.45, 7) is 2.01. The Morgan fingerprint density at radius 3 is 2.62 bits per heavy atom. The summed E-state index contributed by atoms with van der Waals surface area (Å²) >= 11 is 0. The predicted octanol–water partition coefficient (Wildman–Crippen LogP) is -2.27. The second-order valence-corrected chi connectivity index (χ2v) is 4.53. The van der Waals surface area contributed by atoms with E-state index in [9.17, 15) is 19.2 Å². The number of carbonyl (C=O) groups is 4. The van der Waals surface area contributed by atoms with Gasteiger partial charge in [0.2, 0.25) is 0 Å². The molecule has 10 heteroatoms. The first kappa shape index (κ1) is 16.8. The second-order valence-electron chi connectivity index (χ2n) is 4.53. The molecule has 1 atom stereocenters. The fraction of sp³-hybridized carbons (Fsp3) is 0.636. The van der Waals surface area contributed by atoms with Crippen LogP contribution in [0, 0.1) is 5.31 Å². The SMILES string of the molecule is CC(=O)NCCNC(=O)CCN1C(=O)CC(NB=N)C1=O. The first-order valence-corrected chi connectivity index (χ1v) is 6.56. The molecule has 9 nitrogen and oxygen atoms in total. The normalized spacial score (nSPS) is 17.4. The van der Waals surface area contributed by atoms with Gasteiger partial charge in [-0.25, -0.2) is 0 Å². The molecule has 0 spiro atoms. The number of nitrogens with one attached hydrogen (secondary N) is 4. The van der Waals surface area contributed by atoms with E-state index in [2.05, 4.69) is 15.9 Å². The zero-order valence-electron chi connectivity index (χ0n) is 11.8. The Hall–Kier alpha value is -2.26. The summed E-state index contributed by atoms with van der Waals surface area (Å²) in [5.41, 5.74) is 0. The van der Waals surface area contributed by atoms with Crippen molar-refractivity contribution < 1.29 is 19.2 Å². The molecule has 1 heterocycles. The van der Waals surface area contributed by atoms with Crippen molar-refractivity contribution in [3.05, 3.63) is 0 Å². The predicted molar refractivity (Wildman–Crippen MR) is 73.0 cm³/mol. The van der Waals surface area contributed by atoms with Gasteiger partial charge in [-0.05, 0) is 0 Å². The summed E-state index contributed by atoms with van der Waals surface area (Å²) < 4.78 is 0. The second kappa shape index (κ2) is 8.13. The molecule has 21 heavy (non-hydrogen) atoms. The van der Waals surface area contributed by atoms with Crippen LogP contribution in [-0.2, 0) is 19.2 Å². The van der Waals surface area contributed by atoms with E-state index in [-0.39, 0.29) is 43.7 Å². The number of imide groups is 1. The van der Waals surface area contributed by atoms with E-state index in [1.54, 1.807) is 0 Å². The monoisotopic (exact) mass is 295 g/mol. The maximum atomic E-state index is 11.8. The van der Waals surface area contributed by atoms with Crippen LogP contribution >= 0.6 is 0 Å². The van der Waals surface area contributed by atoms with Crippen LogP contribution in [0.2, 0.25) is 0 Å². The summed E-state index contributed by atoms with van der Waals surface area (Å²) in [6, 6.07) is -0.710. The van der Waals surface area contributed by atoms with Gasteiger partial charge in [0, 0.05) is 6.92 Å². The van der Waals surface area contributed by atoms with Crippen molar-refractivity contribution >= 4 is 30.8 Å². The topological polar surface area (TPSA) is 131 Å². The molecular formula is C11H18BN5O4. The van der Waals surface area contributed by atoms with Crippen LogP contribution in [-0.4, -0.2) is 61.4 Å². The number of nitrogens with zero attached hydrogens (tertiary/aromatic N) is 1. The number of likely N-dealkylation sites (tertiary alicyclic amines) is 1. The fourth-order valence-electron chi connectivity index (χ4n) is 1.89. The molecule has 0 saturated carbocycles. The Balaban J connectivity index is 2.29. The summed E-state index contributed by atoms with van der Waals surface area (Å²) in [5.74, 6) is -1.26. The number of hydrogen-bond acceptors (Lipinski definition) is 5. The first-order chi connectivity index (χ1) is 9.95. The molecule has 0 aliphatic carbocycles. The van der Waals surface area contributed by atoms with Crippen molar-refractivity contribution in [2.75, 3.05) is 19.6 Å². The standard InChI is InChI=1S/C11H18BN5O4/c1-7(18)14-3-4-15-9(19)2-5-17-10(20)6-8(11(17)21)16-12-13/h8,13,16H,2-6H2,1H3,(H,14,18)(H,15,19). The number of carbonyl (C=O) groups excluding carboxylic acids is 4. The van der Waals surface area contributed by atoms with Crippen molar-refractivity contribution in [1.82, 2.24) is 20.8 Å². The Labute approximate surface area is 122 Å². The maximum absolute atomic E-state index is 11.8. The van der Waals surface area contributed by atoms with Gasteiger partial charge in [-0.1, -0.05) is 0 Å². The molecule has 4 N–H and O–H groups in total. The van der Waals surface area contributed by atoms with Crippen LogP contribution in [0.1, 0.15) is 19.8 Å². The van der Waals surface area contributed by atoms with E-state index in [0.717, 1.165) is 12.1 Å². The van der Waals surface area contributed by atoms with Gasteiger partial charge >= 0.3 is 110 Å². The van der Waals surface area contributed by atoms with E-state index >= 15 is 0 Å². The van der Waals surface area contributed by atoms with E-state index in [1.165, 1.54) is 6.92 Å². The van der Waals surface area contributed by atoms with Gasteiger partial charge in [-0.15, -0.1) is 0 Å². The van der Waals surface area contributed by atoms with Gasteiger partial charge in [-0.2, -0.15) is 0 Å². The van der Waals surface area contributed by atoms with Crippen LogP contribution in [0.25, 0.3) is 0 Å². The third-order valence-electron chi connectivity index (χ3n) is 2.91. The van der Waals surface area contributed by atoms with Crippen LogP contribution in [0.15, 0.2) is 0 Å². The third kappa shape index (κ3) is 5.32. The molecule has 1 aliphatic heterocycles. The summed E-state index contributed by atoms with van der Waals surface area (Å²) in [6.07, 6.45) is 0.00717. The Bertz CT molecular complexity index is 456. The third-order valence-corrected chi connectivity index (χ3v) is 2.91. The molecule has 1 aliphatic rings. The molecule has 0 aromatic carbocycles. The van der Waals surface area contributed by atoms with Gasteiger partial charge in [-0.3, -0.25) is 4.79 Å². The van der Waals surface area contributed by atoms with Crippen molar-refractivity contribution in [3.63, 3.8) is 0 Å². The molecule has 0 bridgehead atoms. The molecule has 0 aromatic rings. The van der Waals surface area contributed by atoms with Crippen LogP contribution in [0.5, 0.6) is 0 Å². The zero-order chi connectivity index (χ0) is 15.8. The minimum absolute atomic E-state index is 0.00162.